The Morgan fingerprint density at radius 3 is 2.56 bits per heavy atom. The zero-order chi connectivity index (χ0) is 17.8. The van der Waals surface area contributed by atoms with E-state index in [1.54, 1.807) is 0 Å². The monoisotopic (exact) mass is 336 g/mol. The third-order valence-corrected chi connectivity index (χ3v) is 4.19. The number of fused-ring (bicyclic) bond motifs is 1. The molecule has 130 valence electrons. The molecule has 0 amide bonds. The van der Waals surface area contributed by atoms with E-state index in [1.165, 1.54) is 5.56 Å². The van der Waals surface area contributed by atoms with Crippen molar-refractivity contribution in [3.05, 3.63) is 71.4 Å². The molecule has 1 atom stereocenters. The number of carbonyl (C=O) groups excluding carboxylic acids is 1. The van der Waals surface area contributed by atoms with Crippen LogP contribution in [0.5, 0.6) is 0 Å². The summed E-state index contributed by atoms with van der Waals surface area (Å²) in [7, 11) is 0. The molecule has 0 saturated carbocycles. The molecule has 0 aliphatic carbocycles. The van der Waals surface area contributed by atoms with Crippen molar-refractivity contribution in [1.82, 2.24) is 4.57 Å². The Morgan fingerprint density at radius 1 is 1.12 bits per heavy atom. The SMILES string of the molecule is CCOC(=O)c1cc2cc(C[C@H](C)N)ccc2n1Cc1ccccc1. The fourth-order valence-electron chi connectivity index (χ4n) is 3.13. The summed E-state index contributed by atoms with van der Waals surface area (Å²) in [5, 5.41) is 1.04. The van der Waals surface area contributed by atoms with Gasteiger partial charge in [0.05, 0.1) is 6.61 Å². The maximum atomic E-state index is 12.4. The Labute approximate surface area is 148 Å². The first-order valence-electron chi connectivity index (χ1n) is 8.67. The molecule has 0 radical (unpaired) electrons. The minimum absolute atomic E-state index is 0.105. The van der Waals surface area contributed by atoms with Crippen molar-refractivity contribution in [1.29, 1.82) is 0 Å². The van der Waals surface area contributed by atoms with E-state index in [1.807, 2.05) is 42.7 Å². The first-order valence-corrected chi connectivity index (χ1v) is 8.67. The molecule has 0 aliphatic rings. The zero-order valence-corrected chi connectivity index (χ0v) is 14.7. The Morgan fingerprint density at radius 2 is 1.88 bits per heavy atom. The van der Waals surface area contributed by atoms with Gasteiger partial charge in [0, 0.05) is 23.5 Å². The number of benzene rings is 2. The molecule has 2 aromatic carbocycles. The van der Waals surface area contributed by atoms with E-state index in [0.717, 1.165) is 22.9 Å². The number of nitrogens with two attached hydrogens (primary N) is 1. The molecule has 0 unspecified atom stereocenters. The number of nitrogens with zero attached hydrogens (tertiary/aromatic N) is 1. The van der Waals surface area contributed by atoms with Crippen LogP contribution >= 0.6 is 0 Å². The highest BCUT2D eigenvalue weighted by atomic mass is 16.5. The highest BCUT2D eigenvalue weighted by Gasteiger charge is 2.17. The van der Waals surface area contributed by atoms with Crippen molar-refractivity contribution in [2.24, 2.45) is 5.73 Å². The van der Waals surface area contributed by atoms with Gasteiger partial charge in [-0.1, -0.05) is 36.4 Å². The summed E-state index contributed by atoms with van der Waals surface area (Å²) in [5.74, 6) is -0.289. The van der Waals surface area contributed by atoms with Crippen molar-refractivity contribution in [2.75, 3.05) is 6.61 Å². The van der Waals surface area contributed by atoms with Crippen molar-refractivity contribution >= 4 is 16.9 Å². The number of aromatic nitrogens is 1. The second-order valence-corrected chi connectivity index (χ2v) is 6.40. The van der Waals surface area contributed by atoms with Gasteiger partial charge in [0.2, 0.25) is 0 Å². The molecule has 1 aromatic heterocycles. The summed E-state index contributed by atoms with van der Waals surface area (Å²) in [5.41, 5.74) is 9.84. The van der Waals surface area contributed by atoms with Gasteiger partial charge in [-0.3, -0.25) is 0 Å². The molecule has 2 N–H and O–H groups in total. The predicted molar refractivity (Wildman–Crippen MR) is 101 cm³/mol. The fourth-order valence-corrected chi connectivity index (χ4v) is 3.13. The Bertz CT molecular complexity index is 866. The number of hydrogen-bond acceptors (Lipinski definition) is 3. The van der Waals surface area contributed by atoms with E-state index in [4.69, 9.17) is 10.5 Å². The molecule has 4 nitrogen and oxygen atoms in total. The Balaban J connectivity index is 2.07. The molecule has 0 fully saturated rings. The van der Waals surface area contributed by atoms with Crippen LogP contribution in [0.2, 0.25) is 0 Å². The van der Waals surface area contributed by atoms with E-state index >= 15 is 0 Å². The second kappa shape index (κ2) is 7.53. The second-order valence-electron chi connectivity index (χ2n) is 6.40. The van der Waals surface area contributed by atoms with E-state index in [-0.39, 0.29) is 12.0 Å². The van der Waals surface area contributed by atoms with Gasteiger partial charge in [-0.05, 0) is 49.6 Å². The van der Waals surface area contributed by atoms with Crippen LogP contribution in [-0.2, 0) is 17.7 Å². The molecular weight excluding hydrogens is 312 g/mol. The maximum Gasteiger partial charge on any atom is 0.354 e. The average Bonchev–Trinajstić information content (AvgIpc) is 2.93. The van der Waals surface area contributed by atoms with Crippen LogP contribution in [-0.4, -0.2) is 23.2 Å². The van der Waals surface area contributed by atoms with Gasteiger partial charge >= 0.3 is 5.97 Å². The normalized spacial score (nSPS) is 12.3. The van der Waals surface area contributed by atoms with E-state index in [9.17, 15) is 4.79 Å². The first-order chi connectivity index (χ1) is 12.1. The van der Waals surface area contributed by atoms with Crippen molar-refractivity contribution in [3.8, 4) is 0 Å². The molecule has 0 aliphatic heterocycles. The topological polar surface area (TPSA) is 57.2 Å². The zero-order valence-electron chi connectivity index (χ0n) is 14.7. The Hall–Kier alpha value is -2.59. The summed E-state index contributed by atoms with van der Waals surface area (Å²) in [4.78, 5) is 12.4. The molecule has 0 saturated heterocycles. The van der Waals surface area contributed by atoms with Crippen LogP contribution in [0.1, 0.15) is 35.5 Å². The molecule has 3 aromatic rings. The van der Waals surface area contributed by atoms with Gasteiger partial charge in [0.25, 0.3) is 0 Å². The molecule has 3 rings (SSSR count). The number of rotatable bonds is 6. The summed E-state index contributed by atoms with van der Waals surface area (Å²) in [6, 6.07) is 18.4. The molecule has 4 heteroatoms. The van der Waals surface area contributed by atoms with Gasteiger partial charge in [0.1, 0.15) is 5.69 Å². The number of ether oxygens (including phenoxy) is 1. The Kier molecular flexibility index (Phi) is 5.19. The van der Waals surface area contributed by atoms with Crippen molar-refractivity contribution in [2.45, 2.75) is 32.9 Å². The van der Waals surface area contributed by atoms with Crippen LogP contribution in [0.3, 0.4) is 0 Å². The number of esters is 1. The van der Waals surface area contributed by atoms with Gasteiger partial charge in [-0.2, -0.15) is 0 Å². The standard InChI is InChI=1S/C21H24N2O2/c1-3-25-21(24)20-13-18-12-17(11-15(2)22)9-10-19(18)23(20)14-16-7-5-4-6-8-16/h4-10,12-13,15H,3,11,14,22H2,1-2H3/t15-/m0/s1. The van der Waals surface area contributed by atoms with Crippen LogP contribution in [0.15, 0.2) is 54.6 Å². The van der Waals surface area contributed by atoms with Crippen LogP contribution < -0.4 is 5.73 Å². The molecule has 0 bridgehead atoms. The fraction of sp³-hybridized carbons (Fsp3) is 0.286. The summed E-state index contributed by atoms with van der Waals surface area (Å²) >= 11 is 0. The summed E-state index contributed by atoms with van der Waals surface area (Å²) in [6.07, 6.45) is 0.814. The van der Waals surface area contributed by atoms with Crippen LogP contribution in [0, 0.1) is 0 Å². The van der Waals surface area contributed by atoms with Crippen molar-refractivity contribution in [3.63, 3.8) is 0 Å². The highest BCUT2D eigenvalue weighted by molar-refractivity contribution is 5.96. The minimum Gasteiger partial charge on any atom is -0.461 e. The average molecular weight is 336 g/mol. The van der Waals surface area contributed by atoms with E-state index < -0.39 is 0 Å². The number of carbonyl (C=O) groups is 1. The molecule has 0 spiro atoms. The van der Waals surface area contributed by atoms with Gasteiger partial charge in [-0.25, -0.2) is 4.79 Å². The minimum atomic E-state index is -0.289. The molecular formula is C21H24N2O2. The lowest BCUT2D eigenvalue weighted by Gasteiger charge is -2.11. The summed E-state index contributed by atoms with van der Waals surface area (Å²) in [6.45, 7) is 4.81. The lowest BCUT2D eigenvalue weighted by Crippen LogP contribution is -2.17. The third-order valence-electron chi connectivity index (χ3n) is 4.19. The smallest absolute Gasteiger partial charge is 0.354 e. The van der Waals surface area contributed by atoms with Crippen molar-refractivity contribution < 1.29 is 9.53 Å². The largest absolute Gasteiger partial charge is 0.461 e. The molecule has 25 heavy (non-hydrogen) atoms. The first kappa shape index (κ1) is 17.2. The number of hydrogen-bond donors (Lipinski definition) is 1. The molecule has 1 heterocycles. The third kappa shape index (κ3) is 3.91. The quantitative estimate of drug-likeness (QED) is 0.697. The van der Waals surface area contributed by atoms with Crippen LogP contribution in [0.4, 0.5) is 0 Å². The van der Waals surface area contributed by atoms with E-state index in [0.29, 0.717) is 18.8 Å². The van der Waals surface area contributed by atoms with Gasteiger partial charge < -0.3 is 15.0 Å². The maximum absolute atomic E-state index is 12.4. The van der Waals surface area contributed by atoms with E-state index in [2.05, 4.69) is 30.3 Å². The van der Waals surface area contributed by atoms with Gasteiger partial charge in [-0.15, -0.1) is 0 Å². The lowest BCUT2D eigenvalue weighted by atomic mass is 10.1. The highest BCUT2D eigenvalue weighted by Crippen LogP contribution is 2.24. The summed E-state index contributed by atoms with van der Waals surface area (Å²) < 4.78 is 7.28. The van der Waals surface area contributed by atoms with Gasteiger partial charge in [0.15, 0.2) is 0 Å². The predicted octanol–water partition coefficient (Wildman–Crippen LogP) is 3.76. The lowest BCUT2D eigenvalue weighted by molar-refractivity contribution is 0.0515. The van der Waals surface area contributed by atoms with Crippen LogP contribution in [0.25, 0.3) is 10.9 Å².